The van der Waals surface area contributed by atoms with Crippen molar-refractivity contribution in [3.8, 4) is 17.6 Å². The van der Waals surface area contributed by atoms with Crippen LogP contribution in [-0.4, -0.2) is 24.3 Å². The number of hydrogen-bond donors (Lipinski definition) is 0. The lowest BCUT2D eigenvalue weighted by molar-refractivity contribution is -0.139. The number of rotatable bonds is 10. The van der Waals surface area contributed by atoms with Gasteiger partial charge in [0.05, 0.1) is 56.1 Å². The molecule has 0 saturated heterocycles. The maximum atomic E-state index is 14.1. The number of esters is 1. The summed E-state index contributed by atoms with van der Waals surface area (Å²) >= 11 is 8.42. The minimum absolute atomic E-state index is 0.199. The highest BCUT2D eigenvalue weighted by molar-refractivity contribution is 9.10. The van der Waals surface area contributed by atoms with Crippen LogP contribution in [0.2, 0.25) is 0 Å². The Kier molecular flexibility index (Phi) is 10.4. The number of ether oxygens (including phenoxy) is 3. The first-order valence-corrected chi connectivity index (χ1v) is 16.7. The van der Waals surface area contributed by atoms with Gasteiger partial charge in [0.2, 0.25) is 0 Å². The third-order valence-corrected chi connectivity index (χ3v) is 9.38. The number of nitrogens with zero attached hydrogens (tertiary/aromatic N) is 3. The predicted molar refractivity (Wildman–Crippen MR) is 180 cm³/mol. The van der Waals surface area contributed by atoms with Crippen molar-refractivity contribution in [3.63, 3.8) is 0 Å². The number of nitriles is 1. The third kappa shape index (κ3) is 6.83. The molecule has 8 nitrogen and oxygen atoms in total. The van der Waals surface area contributed by atoms with Crippen LogP contribution in [0.3, 0.4) is 0 Å². The van der Waals surface area contributed by atoms with E-state index >= 15 is 0 Å². The van der Waals surface area contributed by atoms with Crippen LogP contribution in [-0.2, 0) is 16.1 Å². The van der Waals surface area contributed by atoms with Gasteiger partial charge in [-0.25, -0.2) is 9.79 Å². The second kappa shape index (κ2) is 14.4. The normalized spacial score (nSPS) is 14.4. The summed E-state index contributed by atoms with van der Waals surface area (Å²) in [6, 6.07) is 19.8. The van der Waals surface area contributed by atoms with E-state index in [1.807, 2.05) is 55.5 Å². The second-order valence-electron chi connectivity index (χ2n) is 10.1. The summed E-state index contributed by atoms with van der Waals surface area (Å²) in [5, 5.41) is 9.37. The quantitative estimate of drug-likeness (QED) is 0.170. The fourth-order valence-electron chi connectivity index (χ4n) is 5.08. The minimum Gasteiger partial charge on any atom is -0.496 e. The zero-order chi connectivity index (χ0) is 32.1. The van der Waals surface area contributed by atoms with Crippen molar-refractivity contribution >= 4 is 55.2 Å². The van der Waals surface area contributed by atoms with Crippen LogP contribution in [0.4, 0.5) is 0 Å². The number of hydrogen-bond acceptors (Lipinski definition) is 8. The first kappa shape index (κ1) is 32.4. The molecule has 11 heteroatoms. The van der Waals surface area contributed by atoms with Crippen molar-refractivity contribution in [2.24, 2.45) is 4.99 Å². The molecule has 0 radical (unpaired) electrons. The Morgan fingerprint density at radius 3 is 2.53 bits per heavy atom. The molecule has 5 rings (SSSR count). The van der Waals surface area contributed by atoms with Gasteiger partial charge in [-0.15, -0.1) is 0 Å². The molecule has 0 unspecified atom stereocenters. The lowest BCUT2D eigenvalue weighted by Gasteiger charge is -2.26. The van der Waals surface area contributed by atoms with Crippen molar-refractivity contribution in [1.29, 1.82) is 5.26 Å². The molecule has 45 heavy (non-hydrogen) atoms. The molecule has 3 aromatic carbocycles. The van der Waals surface area contributed by atoms with Crippen LogP contribution in [0.1, 0.15) is 55.0 Å². The summed E-state index contributed by atoms with van der Waals surface area (Å²) in [5.74, 6) is 0.747. The Bertz CT molecular complexity index is 2030. The molecule has 0 amide bonds. The van der Waals surface area contributed by atoms with E-state index < -0.39 is 12.0 Å². The summed E-state index contributed by atoms with van der Waals surface area (Å²) < 4.78 is 20.3. The van der Waals surface area contributed by atoms with E-state index in [0.29, 0.717) is 53.0 Å². The van der Waals surface area contributed by atoms with Gasteiger partial charge in [-0.1, -0.05) is 55.0 Å². The number of carbonyl (C=O) groups excluding carboxylic acids is 1. The number of fused-ring (bicyclic) bond motifs is 1. The summed E-state index contributed by atoms with van der Waals surface area (Å²) in [5.41, 5.74) is 3.56. The van der Waals surface area contributed by atoms with E-state index in [0.717, 1.165) is 23.1 Å². The average molecular weight is 751 g/mol. The fraction of sp³-hybridized carbons (Fsp3) is 0.235. The van der Waals surface area contributed by atoms with Crippen LogP contribution < -0.4 is 24.4 Å². The van der Waals surface area contributed by atoms with Gasteiger partial charge >= 0.3 is 5.97 Å². The number of benzene rings is 3. The molecule has 1 aliphatic rings. The van der Waals surface area contributed by atoms with E-state index in [2.05, 4.69) is 37.9 Å². The molecule has 0 spiro atoms. The van der Waals surface area contributed by atoms with E-state index in [-0.39, 0.29) is 18.8 Å². The van der Waals surface area contributed by atoms with Gasteiger partial charge < -0.3 is 14.2 Å². The van der Waals surface area contributed by atoms with Gasteiger partial charge in [0.1, 0.15) is 18.1 Å². The Morgan fingerprint density at radius 2 is 1.84 bits per heavy atom. The van der Waals surface area contributed by atoms with Crippen molar-refractivity contribution < 1.29 is 19.0 Å². The lowest BCUT2D eigenvalue weighted by atomic mass is 9.94. The van der Waals surface area contributed by atoms with Crippen molar-refractivity contribution in [2.45, 2.75) is 39.3 Å². The van der Waals surface area contributed by atoms with Gasteiger partial charge in [0.25, 0.3) is 5.56 Å². The van der Waals surface area contributed by atoms with Gasteiger partial charge in [0, 0.05) is 5.56 Å². The summed E-state index contributed by atoms with van der Waals surface area (Å²) in [4.78, 5) is 32.8. The first-order valence-electron chi connectivity index (χ1n) is 14.2. The second-order valence-corrected chi connectivity index (χ2v) is 12.8. The zero-order valence-electron chi connectivity index (χ0n) is 24.8. The van der Waals surface area contributed by atoms with E-state index in [1.165, 1.54) is 11.3 Å². The number of halogens is 2. The zero-order valence-corrected chi connectivity index (χ0v) is 28.8. The van der Waals surface area contributed by atoms with Gasteiger partial charge in [0.15, 0.2) is 4.80 Å². The predicted octanol–water partition coefficient (Wildman–Crippen LogP) is 6.56. The largest absolute Gasteiger partial charge is 0.496 e. The van der Waals surface area contributed by atoms with Crippen LogP contribution in [0.5, 0.6) is 11.5 Å². The molecule has 0 saturated carbocycles. The number of allylic oxidation sites excluding steroid dienone is 1. The van der Waals surface area contributed by atoms with Crippen molar-refractivity contribution in [1.82, 2.24) is 4.57 Å². The Morgan fingerprint density at radius 1 is 1.09 bits per heavy atom. The highest BCUT2D eigenvalue weighted by Crippen LogP contribution is 2.36. The molecule has 1 atom stereocenters. The number of methoxy groups -OCH3 is 1. The Balaban J connectivity index is 1.57. The standard InChI is InChI=1S/C34H29Br2N3O5S/c1-4-8-26-30(33(41)43-5-2)31(21-12-14-27(42-3)25(36)17-21)39-32(40)29(45-34(39)38-26)16-20-11-13-28(24(35)15-20)44-19-23-10-7-6-9-22(23)18-37/h6-7,9-17,31H,4-5,8,19H2,1-3H3/b29-16+/t31-/m1/s1. The van der Waals surface area contributed by atoms with Crippen molar-refractivity contribution in [2.75, 3.05) is 13.7 Å². The Hall–Kier alpha value is -3.98. The minimum atomic E-state index is -0.731. The SMILES string of the molecule is CCCC1=C(C(=O)OCC)[C@@H](c2ccc(OC)c(Br)c2)n2c(s/c(=C/c3ccc(OCc4ccccc4C#N)c(Br)c3)c2=O)=N1. The molecule has 0 fully saturated rings. The number of aromatic nitrogens is 1. The van der Waals surface area contributed by atoms with Crippen LogP contribution in [0, 0.1) is 11.3 Å². The monoisotopic (exact) mass is 749 g/mol. The molecule has 1 aliphatic heterocycles. The molecule has 0 aliphatic carbocycles. The van der Waals surface area contributed by atoms with Crippen LogP contribution in [0.25, 0.3) is 6.08 Å². The lowest BCUT2D eigenvalue weighted by Crippen LogP contribution is -2.40. The molecule has 0 bridgehead atoms. The average Bonchev–Trinajstić information content (AvgIpc) is 3.34. The van der Waals surface area contributed by atoms with Crippen LogP contribution >= 0.6 is 43.2 Å². The van der Waals surface area contributed by atoms with Gasteiger partial charge in [-0.3, -0.25) is 9.36 Å². The molecule has 230 valence electrons. The Labute approximate surface area is 281 Å². The first-order chi connectivity index (χ1) is 21.8. The highest BCUT2D eigenvalue weighted by Gasteiger charge is 2.34. The van der Waals surface area contributed by atoms with E-state index in [1.54, 1.807) is 36.8 Å². The molecule has 0 N–H and O–H groups in total. The van der Waals surface area contributed by atoms with Gasteiger partial charge in [-0.05, 0) is 92.7 Å². The van der Waals surface area contributed by atoms with E-state index in [4.69, 9.17) is 19.2 Å². The molecule has 2 heterocycles. The van der Waals surface area contributed by atoms with E-state index in [9.17, 15) is 14.9 Å². The summed E-state index contributed by atoms with van der Waals surface area (Å²) in [7, 11) is 1.58. The summed E-state index contributed by atoms with van der Waals surface area (Å²) in [6.45, 7) is 4.22. The number of thiazole rings is 1. The summed E-state index contributed by atoms with van der Waals surface area (Å²) in [6.07, 6.45) is 3.12. The smallest absolute Gasteiger partial charge is 0.338 e. The van der Waals surface area contributed by atoms with Gasteiger partial charge in [-0.2, -0.15) is 5.26 Å². The maximum absolute atomic E-state index is 14.1. The van der Waals surface area contributed by atoms with Crippen molar-refractivity contribution in [3.05, 3.63) is 123 Å². The molecule has 4 aromatic rings. The molecular formula is C34H29Br2N3O5S. The number of carbonyl (C=O) groups is 1. The molecular weight excluding hydrogens is 722 g/mol. The highest BCUT2D eigenvalue weighted by atomic mass is 79.9. The fourth-order valence-corrected chi connectivity index (χ4v) is 7.16. The van der Waals surface area contributed by atoms with Crippen LogP contribution in [0.15, 0.2) is 90.7 Å². The third-order valence-electron chi connectivity index (χ3n) is 7.16. The topological polar surface area (TPSA) is 103 Å². The molecule has 1 aromatic heterocycles. The maximum Gasteiger partial charge on any atom is 0.338 e.